The van der Waals surface area contributed by atoms with Crippen LogP contribution in [0.15, 0.2) is 34.7 Å². The van der Waals surface area contributed by atoms with Crippen molar-refractivity contribution in [2.45, 2.75) is 11.3 Å². The summed E-state index contributed by atoms with van der Waals surface area (Å²) in [5.41, 5.74) is 1.23. The van der Waals surface area contributed by atoms with Crippen LogP contribution >= 0.6 is 23.1 Å². The predicted molar refractivity (Wildman–Crippen MR) is 90.6 cm³/mol. The molecule has 2 heterocycles. The van der Waals surface area contributed by atoms with Crippen LogP contribution in [0, 0.1) is 6.92 Å². The van der Waals surface area contributed by atoms with Crippen LogP contribution in [-0.2, 0) is 4.79 Å². The van der Waals surface area contributed by atoms with Gasteiger partial charge in [-0.2, -0.15) is 0 Å². The van der Waals surface area contributed by atoms with Gasteiger partial charge in [-0.05, 0) is 19.1 Å². The summed E-state index contributed by atoms with van der Waals surface area (Å²) < 4.78 is 0.869. The second kappa shape index (κ2) is 7.11. The summed E-state index contributed by atoms with van der Waals surface area (Å²) in [7, 11) is 0. The van der Waals surface area contributed by atoms with Gasteiger partial charge in [-0.1, -0.05) is 41.3 Å². The Hall–Kier alpha value is -1.60. The highest BCUT2D eigenvalue weighted by molar-refractivity contribution is 8.01. The van der Waals surface area contributed by atoms with Crippen molar-refractivity contribution in [3.05, 3.63) is 35.3 Å². The predicted octanol–water partition coefficient (Wildman–Crippen LogP) is 2.29. The normalized spacial score (nSPS) is 15.1. The maximum atomic E-state index is 12.3. The van der Waals surface area contributed by atoms with E-state index in [1.807, 2.05) is 30.0 Å². The Morgan fingerprint density at radius 3 is 2.55 bits per heavy atom. The van der Waals surface area contributed by atoms with Crippen molar-refractivity contribution in [2.75, 3.05) is 36.8 Å². The average Bonchev–Trinajstić information content (AvgIpc) is 2.99. The van der Waals surface area contributed by atoms with Gasteiger partial charge in [-0.25, -0.2) is 0 Å². The van der Waals surface area contributed by atoms with Crippen LogP contribution < -0.4 is 4.90 Å². The third kappa shape index (κ3) is 3.78. The molecule has 3 rings (SSSR count). The highest BCUT2D eigenvalue weighted by atomic mass is 32.2. The number of nitrogens with zero attached hydrogens (tertiary/aromatic N) is 4. The van der Waals surface area contributed by atoms with E-state index in [-0.39, 0.29) is 5.91 Å². The van der Waals surface area contributed by atoms with Gasteiger partial charge in [-0.3, -0.25) is 4.79 Å². The molecule has 0 radical (unpaired) electrons. The maximum Gasteiger partial charge on any atom is 0.233 e. The standard InChI is InChI=1S/C15H18N4OS2/c1-12-16-17-15(22-12)21-11-14(20)19-9-7-18(8-10-19)13-5-3-2-4-6-13/h2-6H,7-11H2,1H3. The summed E-state index contributed by atoms with van der Waals surface area (Å²) in [6, 6.07) is 10.4. The van der Waals surface area contributed by atoms with E-state index in [0.29, 0.717) is 5.75 Å². The van der Waals surface area contributed by atoms with E-state index in [0.717, 1.165) is 35.5 Å². The Morgan fingerprint density at radius 1 is 1.18 bits per heavy atom. The highest BCUT2D eigenvalue weighted by Gasteiger charge is 2.21. The molecule has 1 aromatic carbocycles. The van der Waals surface area contributed by atoms with Crippen molar-refractivity contribution in [1.82, 2.24) is 15.1 Å². The number of aromatic nitrogens is 2. The molecule has 1 aromatic heterocycles. The Labute approximate surface area is 138 Å². The second-order valence-electron chi connectivity index (χ2n) is 5.08. The zero-order chi connectivity index (χ0) is 15.4. The molecule has 1 aliphatic rings. The van der Waals surface area contributed by atoms with Crippen LogP contribution in [0.4, 0.5) is 5.69 Å². The van der Waals surface area contributed by atoms with E-state index < -0.39 is 0 Å². The molecule has 0 spiro atoms. The molecule has 116 valence electrons. The van der Waals surface area contributed by atoms with Gasteiger partial charge >= 0.3 is 0 Å². The number of piperazine rings is 1. The number of thioether (sulfide) groups is 1. The molecule has 0 bridgehead atoms. The SMILES string of the molecule is Cc1nnc(SCC(=O)N2CCN(c3ccccc3)CC2)s1. The first-order valence-electron chi connectivity index (χ1n) is 7.23. The van der Waals surface area contributed by atoms with E-state index in [2.05, 4.69) is 27.2 Å². The molecule has 1 fully saturated rings. The Morgan fingerprint density at radius 2 is 1.91 bits per heavy atom. The molecule has 0 N–H and O–H groups in total. The smallest absolute Gasteiger partial charge is 0.233 e. The lowest BCUT2D eigenvalue weighted by atomic mass is 10.2. The van der Waals surface area contributed by atoms with Gasteiger partial charge in [0, 0.05) is 31.9 Å². The molecule has 22 heavy (non-hydrogen) atoms. The van der Waals surface area contributed by atoms with Gasteiger partial charge in [-0.15, -0.1) is 10.2 Å². The fraction of sp³-hybridized carbons (Fsp3) is 0.400. The van der Waals surface area contributed by atoms with Crippen LogP contribution in [0.2, 0.25) is 0 Å². The molecular weight excluding hydrogens is 316 g/mol. The molecule has 0 unspecified atom stereocenters. The first-order valence-corrected chi connectivity index (χ1v) is 9.03. The van der Waals surface area contributed by atoms with Gasteiger partial charge in [0.05, 0.1) is 5.75 Å². The van der Waals surface area contributed by atoms with Crippen molar-refractivity contribution in [3.8, 4) is 0 Å². The summed E-state index contributed by atoms with van der Waals surface area (Å²) in [5, 5.41) is 8.94. The number of carbonyl (C=O) groups is 1. The van der Waals surface area contributed by atoms with E-state index >= 15 is 0 Å². The van der Waals surface area contributed by atoms with E-state index in [9.17, 15) is 4.79 Å². The number of hydrogen-bond donors (Lipinski definition) is 0. The summed E-state index contributed by atoms with van der Waals surface area (Å²) in [4.78, 5) is 16.5. The van der Waals surface area contributed by atoms with Crippen LogP contribution in [0.5, 0.6) is 0 Å². The van der Waals surface area contributed by atoms with Crippen molar-refractivity contribution in [1.29, 1.82) is 0 Å². The van der Waals surface area contributed by atoms with E-state index in [1.54, 1.807) is 0 Å². The Bertz CT molecular complexity index is 623. The lowest BCUT2D eigenvalue weighted by Gasteiger charge is -2.36. The number of rotatable bonds is 4. The highest BCUT2D eigenvalue weighted by Crippen LogP contribution is 2.22. The van der Waals surface area contributed by atoms with Crippen molar-refractivity contribution < 1.29 is 4.79 Å². The minimum Gasteiger partial charge on any atom is -0.368 e. The van der Waals surface area contributed by atoms with E-state index in [1.165, 1.54) is 28.8 Å². The fourth-order valence-electron chi connectivity index (χ4n) is 2.40. The fourth-order valence-corrected chi connectivity index (χ4v) is 4.12. The molecule has 0 aliphatic carbocycles. The number of aryl methyl sites for hydroxylation is 1. The quantitative estimate of drug-likeness (QED) is 0.803. The molecule has 2 aromatic rings. The van der Waals surface area contributed by atoms with Gasteiger partial charge < -0.3 is 9.80 Å². The van der Waals surface area contributed by atoms with Gasteiger partial charge in [0.25, 0.3) is 0 Å². The molecule has 1 saturated heterocycles. The molecular formula is C15H18N4OS2. The van der Waals surface area contributed by atoms with Crippen molar-refractivity contribution >= 4 is 34.7 Å². The first kappa shape index (κ1) is 15.3. The average molecular weight is 334 g/mol. The monoisotopic (exact) mass is 334 g/mol. The van der Waals surface area contributed by atoms with Gasteiger partial charge in [0.2, 0.25) is 5.91 Å². The molecule has 0 atom stereocenters. The minimum atomic E-state index is 0.186. The summed E-state index contributed by atoms with van der Waals surface area (Å²) in [5.74, 6) is 0.630. The summed E-state index contributed by atoms with van der Waals surface area (Å²) in [6.07, 6.45) is 0. The van der Waals surface area contributed by atoms with Crippen molar-refractivity contribution in [2.24, 2.45) is 0 Å². The van der Waals surface area contributed by atoms with Crippen LogP contribution in [0.1, 0.15) is 5.01 Å². The second-order valence-corrected chi connectivity index (χ2v) is 7.48. The number of para-hydroxylation sites is 1. The minimum absolute atomic E-state index is 0.186. The molecule has 7 heteroatoms. The summed E-state index contributed by atoms with van der Waals surface area (Å²) in [6.45, 7) is 5.26. The van der Waals surface area contributed by atoms with Gasteiger partial charge in [0.1, 0.15) is 5.01 Å². The molecule has 0 saturated carbocycles. The zero-order valence-electron chi connectivity index (χ0n) is 12.4. The maximum absolute atomic E-state index is 12.3. The Balaban J connectivity index is 1.47. The lowest BCUT2D eigenvalue weighted by Crippen LogP contribution is -2.49. The topological polar surface area (TPSA) is 49.3 Å². The third-order valence-electron chi connectivity index (χ3n) is 3.58. The molecule has 5 nitrogen and oxygen atoms in total. The number of hydrogen-bond acceptors (Lipinski definition) is 6. The van der Waals surface area contributed by atoms with Gasteiger partial charge in [0.15, 0.2) is 4.34 Å². The van der Waals surface area contributed by atoms with E-state index in [4.69, 9.17) is 0 Å². The molecule has 1 aliphatic heterocycles. The largest absolute Gasteiger partial charge is 0.368 e. The van der Waals surface area contributed by atoms with Crippen LogP contribution in [0.3, 0.4) is 0 Å². The number of carbonyl (C=O) groups excluding carboxylic acids is 1. The van der Waals surface area contributed by atoms with Crippen LogP contribution in [-0.4, -0.2) is 52.9 Å². The van der Waals surface area contributed by atoms with Crippen LogP contribution in [0.25, 0.3) is 0 Å². The lowest BCUT2D eigenvalue weighted by molar-refractivity contribution is -0.128. The van der Waals surface area contributed by atoms with Crippen molar-refractivity contribution in [3.63, 3.8) is 0 Å². The first-order chi connectivity index (χ1) is 10.7. The Kier molecular flexibility index (Phi) is 4.94. The summed E-state index contributed by atoms with van der Waals surface area (Å²) >= 11 is 3.02. The zero-order valence-corrected chi connectivity index (χ0v) is 14.1. The molecule has 1 amide bonds. The number of benzene rings is 1. The number of amides is 1. The third-order valence-corrected chi connectivity index (χ3v) is 5.54. The number of anilines is 1.